The molecule has 0 unspecified atom stereocenters. The third-order valence-electron chi connectivity index (χ3n) is 3.35. The van der Waals surface area contributed by atoms with Gasteiger partial charge in [0.1, 0.15) is 5.69 Å². The Morgan fingerprint density at radius 2 is 2.00 bits per heavy atom. The molecule has 102 valence electrons. The maximum atomic E-state index is 14.1. The molecule has 1 saturated carbocycles. The van der Waals surface area contributed by atoms with Crippen molar-refractivity contribution >= 4 is 17.0 Å². The van der Waals surface area contributed by atoms with Crippen molar-refractivity contribution in [1.82, 2.24) is 0 Å². The maximum Gasteiger partial charge on any atom is 0.150 e. The summed E-state index contributed by atoms with van der Waals surface area (Å²) in [6.07, 6.45) is 1.89. The Bertz CT molecular complexity index is 634. The summed E-state index contributed by atoms with van der Waals surface area (Å²) in [5.74, 6) is -1.33. The predicted molar refractivity (Wildman–Crippen MR) is 74.6 cm³/mol. The van der Waals surface area contributed by atoms with Gasteiger partial charge in [-0.2, -0.15) is 16.6 Å². The summed E-state index contributed by atoms with van der Waals surface area (Å²) in [6.45, 7) is 0.494. The number of hydrogen-bond donors (Lipinski definition) is 0. The minimum Gasteiger partial charge on any atom is -0.359 e. The van der Waals surface area contributed by atoms with Crippen LogP contribution in [0.4, 0.5) is 14.5 Å². The van der Waals surface area contributed by atoms with Gasteiger partial charge in [0.2, 0.25) is 0 Å². The number of halogens is 2. The molecular formula is C15H12F2N2S. The summed E-state index contributed by atoms with van der Waals surface area (Å²) in [5, 5.41) is 12.7. The van der Waals surface area contributed by atoms with Gasteiger partial charge in [-0.3, -0.25) is 0 Å². The van der Waals surface area contributed by atoms with Crippen LogP contribution in [0.25, 0.3) is 0 Å². The molecular weight excluding hydrogens is 278 g/mol. The Labute approximate surface area is 119 Å². The predicted octanol–water partition coefficient (Wildman–Crippen LogP) is 4.07. The molecule has 1 aromatic carbocycles. The summed E-state index contributed by atoms with van der Waals surface area (Å²) in [5.41, 5.74) is 1.04. The van der Waals surface area contributed by atoms with E-state index in [0.717, 1.165) is 30.5 Å². The zero-order valence-electron chi connectivity index (χ0n) is 10.6. The fraction of sp³-hybridized carbons (Fsp3) is 0.267. The van der Waals surface area contributed by atoms with Crippen molar-refractivity contribution in [1.29, 1.82) is 5.26 Å². The van der Waals surface area contributed by atoms with E-state index in [4.69, 9.17) is 5.26 Å². The highest BCUT2D eigenvalue weighted by molar-refractivity contribution is 7.07. The molecule has 3 rings (SSSR count). The van der Waals surface area contributed by atoms with Crippen LogP contribution in [0.2, 0.25) is 0 Å². The van der Waals surface area contributed by atoms with Gasteiger partial charge in [0.05, 0.1) is 11.6 Å². The van der Waals surface area contributed by atoms with Gasteiger partial charge in [0, 0.05) is 12.6 Å². The van der Waals surface area contributed by atoms with Gasteiger partial charge < -0.3 is 4.90 Å². The number of hydrogen-bond acceptors (Lipinski definition) is 3. The monoisotopic (exact) mass is 290 g/mol. The Morgan fingerprint density at radius 3 is 2.50 bits per heavy atom. The lowest BCUT2D eigenvalue weighted by Gasteiger charge is -2.25. The first-order valence-electron chi connectivity index (χ1n) is 6.36. The minimum atomic E-state index is -0.663. The number of thiophene rings is 1. The molecule has 0 atom stereocenters. The molecule has 0 amide bonds. The van der Waals surface area contributed by atoms with Crippen LogP contribution in [0.3, 0.4) is 0 Å². The topological polar surface area (TPSA) is 27.0 Å². The Hall–Kier alpha value is -1.93. The molecule has 0 bridgehead atoms. The highest BCUT2D eigenvalue weighted by atomic mass is 32.1. The number of nitriles is 1. The molecule has 0 radical (unpaired) electrons. The number of anilines is 1. The van der Waals surface area contributed by atoms with Gasteiger partial charge in [-0.25, -0.2) is 8.78 Å². The number of rotatable bonds is 4. The van der Waals surface area contributed by atoms with Crippen LogP contribution in [-0.4, -0.2) is 6.04 Å². The molecule has 1 heterocycles. The van der Waals surface area contributed by atoms with E-state index in [1.165, 1.54) is 0 Å². The second-order valence-electron chi connectivity index (χ2n) is 4.89. The van der Waals surface area contributed by atoms with E-state index in [0.29, 0.717) is 6.54 Å². The van der Waals surface area contributed by atoms with Gasteiger partial charge in [-0.1, -0.05) is 0 Å². The van der Waals surface area contributed by atoms with Crippen LogP contribution >= 0.6 is 11.3 Å². The number of nitrogens with zero attached hydrogens (tertiary/aromatic N) is 2. The van der Waals surface area contributed by atoms with Crippen molar-refractivity contribution in [3.63, 3.8) is 0 Å². The van der Waals surface area contributed by atoms with Crippen LogP contribution in [-0.2, 0) is 6.54 Å². The molecule has 0 saturated heterocycles. The Morgan fingerprint density at radius 1 is 1.30 bits per heavy atom. The average molecular weight is 290 g/mol. The molecule has 1 aromatic heterocycles. The molecule has 1 fully saturated rings. The van der Waals surface area contributed by atoms with Crippen molar-refractivity contribution in [2.45, 2.75) is 25.4 Å². The van der Waals surface area contributed by atoms with Crippen molar-refractivity contribution in [3.8, 4) is 6.07 Å². The highest BCUT2D eigenvalue weighted by Gasteiger charge is 2.32. The standard InChI is InChI=1S/C15H12F2N2S/c16-13-5-11(7-18)6-14(17)15(13)19(12-1-2-12)8-10-3-4-20-9-10/h3-6,9,12H,1-2,8H2. The van der Waals surface area contributed by atoms with Crippen LogP contribution < -0.4 is 4.90 Å². The lowest BCUT2D eigenvalue weighted by Crippen LogP contribution is -2.27. The summed E-state index contributed by atoms with van der Waals surface area (Å²) < 4.78 is 28.3. The summed E-state index contributed by atoms with van der Waals surface area (Å²) in [4.78, 5) is 1.77. The Kier molecular flexibility index (Phi) is 3.41. The fourth-order valence-corrected chi connectivity index (χ4v) is 2.92. The van der Waals surface area contributed by atoms with E-state index in [2.05, 4.69) is 0 Å². The van der Waals surface area contributed by atoms with Crippen molar-refractivity contribution in [2.24, 2.45) is 0 Å². The van der Waals surface area contributed by atoms with Crippen LogP contribution in [0.1, 0.15) is 24.0 Å². The molecule has 2 aromatic rings. The van der Waals surface area contributed by atoms with Crippen LogP contribution in [0.5, 0.6) is 0 Å². The molecule has 0 aliphatic heterocycles. The number of benzene rings is 1. The van der Waals surface area contributed by atoms with Crippen molar-refractivity contribution < 1.29 is 8.78 Å². The third kappa shape index (κ3) is 2.52. The highest BCUT2D eigenvalue weighted by Crippen LogP contribution is 2.36. The van der Waals surface area contributed by atoms with E-state index in [1.807, 2.05) is 16.8 Å². The van der Waals surface area contributed by atoms with Gasteiger partial charge in [-0.15, -0.1) is 0 Å². The van der Waals surface area contributed by atoms with E-state index in [9.17, 15) is 8.78 Å². The van der Waals surface area contributed by atoms with Crippen molar-refractivity contribution in [2.75, 3.05) is 4.90 Å². The van der Waals surface area contributed by atoms with E-state index < -0.39 is 11.6 Å². The zero-order chi connectivity index (χ0) is 14.1. The summed E-state index contributed by atoms with van der Waals surface area (Å²) >= 11 is 1.57. The molecule has 1 aliphatic rings. The van der Waals surface area contributed by atoms with Gasteiger partial charge >= 0.3 is 0 Å². The first-order chi connectivity index (χ1) is 9.69. The fourth-order valence-electron chi connectivity index (χ4n) is 2.26. The van der Waals surface area contributed by atoms with Crippen LogP contribution in [0, 0.1) is 23.0 Å². The lowest BCUT2D eigenvalue weighted by atomic mass is 10.1. The molecule has 0 N–H and O–H groups in total. The molecule has 2 nitrogen and oxygen atoms in total. The second kappa shape index (κ2) is 5.22. The smallest absolute Gasteiger partial charge is 0.150 e. The van der Waals surface area contributed by atoms with Crippen molar-refractivity contribution in [3.05, 3.63) is 51.7 Å². The molecule has 20 heavy (non-hydrogen) atoms. The summed E-state index contributed by atoms with van der Waals surface area (Å²) in [7, 11) is 0. The van der Waals surface area contributed by atoms with E-state index in [1.54, 1.807) is 22.3 Å². The average Bonchev–Trinajstić information content (AvgIpc) is 3.14. The van der Waals surface area contributed by atoms with Gasteiger partial charge in [-0.05, 0) is 47.4 Å². The maximum absolute atomic E-state index is 14.1. The first kappa shape index (κ1) is 13.1. The first-order valence-corrected chi connectivity index (χ1v) is 7.30. The zero-order valence-corrected chi connectivity index (χ0v) is 11.5. The summed E-state index contributed by atoms with van der Waals surface area (Å²) in [6, 6.07) is 6.11. The molecule has 5 heteroatoms. The van der Waals surface area contributed by atoms with Gasteiger partial charge in [0.25, 0.3) is 0 Å². The third-order valence-corrected chi connectivity index (χ3v) is 4.09. The quantitative estimate of drug-likeness (QED) is 0.848. The minimum absolute atomic E-state index is 0.00929. The van der Waals surface area contributed by atoms with E-state index >= 15 is 0 Å². The molecule has 1 aliphatic carbocycles. The van der Waals surface area contributed by atoms with Gasteiger partial charge in [0.15, 0.2) is 11.6 Å². The second-order valence-corrected chi connectivity index (χ2v) is 5.67. The normalized spacial score (nSPS) is 14.1. The van der Waals surface area contributed by atoms with Crippen LogP contribution in [0.15, 0.2) is 29.0 Å². The molecule has 0 spiro atoms. The van der Waals surface area contributed by atoms with E-state index in [-0.39, 0.29) is 17.3 Å². The largest absolute Gasteiger partial charge is 0.359 e. The SMILES string of the molecule is N#Cc1cc(F)c(N(Cc2ccsc2)C2CC2)c(F)c1. The Balaban J connectivity index is 1.98. The lowest BCUT2D eigenvalue weighted by molar-refractivity contribution is 0.567.